The minimum Gasteiger partial charge on any atom is -0.465 e. The molecule has 1 heterocycles. The highest BCUT2D eigenvalue weighted by molar-refractivity contribution is 6.33. The van der Waals surface area contributed by atoms with Gasteiger partial charge in [-0.25, -0.2) is 9.78 Å². The van der Waals surface area contributed by atoms with Gasteiger partial charge in [0.25, 0.3) is 5.91 Å². The van der Waals surface area contributed by atoms with E-state index in [9.17, 15) is 9.59 Å². The number of ether oxygens (including phenoxy) is 1. The lowest BCUT2D eigenvalue weighted by atomic mass is 10.0. The van der Waals surface area contributed by atoms with E-state index in [-0.39, 0.29) is 5.91 Å². The molecule has 0 aliphatic rings. The minimum absolute atomic E-state index is 0.223. The molecule has 0 unspecified atom stereocenters. The number of benzene rings is 2. The normalized spacial score (nSPS) is 10.3. The summed E-state index contributed by atoms with van der Waals surface area (Å²) < 4.78 is 4.74. The average Bonchev–Trinajstić information content (AvgIpc) is 2.68. The molecule has 5 nitrogen and oxygen atoms in total. The third kappa shape index (κ3) is 4.15. The SMILES string of the molecule is COC(=O)c1ccc(Cl)c(-c2ccc(NC(=O)c3ccccc3C)nc2)c1. The van der Waals surface area contributed by atoms with Gasteiger partial charge in [-0.05, 0) is 48.9 Å². The highest BCUT2D eigenvalue weighted by Crippen LogP contribution is 2.29. The largest absolute Gasteiger partial charge is 0.465 e. The van der Waals surface area contributed by atoms with E-state index in [0.717, 1.165) is 11.1 Å². The first kappa shape index (κ1) is 18.6. The van der Waals surface area contributed by atoms with Crippen LogP contribution in [0.4, 0.5) is 5.82 Å². The predicted molar refractivity (Wildman–Crippen MR) is 105 cm³/mol. The summed E-state index contributed by atoms with van der Waals surface area (Å²) in [6.07, 6.45) is 1.59. The molecule has 136 valence electrons. The van der Waals surface area contributed by atoms with Crippen molar-refractivity contribution in [1.82, 2.24) is 4.98 Å². The molecule has 1 aromatic heterocycles. The number of nitrogens with one attached hydrogen (secondary N) is 1. The fourth-order valence-electron chi connectivity index (χ4n) is 2.63. The van der Waals surface area contributed by atoms with Crippen LogP contribution in [0.25, 0.3) is 11.1 Å². The number of hydrogen-bond donors (Lipinski definition) is 1. The van der Waals surface area contributed by atoms with Gasteiger partial charge in [-0.3, -0.25) is 4.79 Å². The van der Waals surface area contributed by atoms with Crippen molar-refractivity contribution in [1.29, 1.82) is 0 Å². The molecular weight excluding hydrogens is 364 g/mol. The topological polar surface area (TPSA) is 68.3 Å². The van der Waals surface area contributed by atoms with Gasteiger partial charge in [0.15, 0.2) is 0 Å². The van der Waals surface area contributed by atoms with Crippen LogP contribution < -0.4 is 5.32 Å². The molecule has 0 aliphatic carbocycles. The molecular formula is C21H17ClN2O3. The highest BCUT2D eigenvalue weighted by Gasteiger charge is 2.12. The molecule has 3 aromatic rings. The maximum absolute atomic E-state index is 12.4. The predicted octanol–water partition coefficient (Wildman–Crippen LogP) is 4.75. The smallest absolute Gasteiger partial charge is 0.337 e. The molecule has 0 saturated heterocycles. The van der Waals surface area contributed by atoms with Crippen LogP contribution in [-0.4, -0.2) is 24.0 Å². The third-order valence-corrected chi connectivity index (χ3v) is 4.42. The molecule has 1 amide bonds. The summed E-state index contributed by atoms with van der Waals surface area (Å²) in [4.78, 5) is 28.4. The van der Waals surface area contributed by atoms with Crippen LogP contribution in [-0.2, 0) is 4.74 Å². The standard InChI is InChI=1S/C21H17ClN2O3/c1-13-5-3-4-6-16(13)20(25)24-19-10-8-15(12-23-19)17-11-14(21(26)27-2)7-9-18(17)22/h3-12H,1-2H3,(H,23,24,25). The quantitative estimate of drug-likeness (QED) is 0.663. The lowest BCUT2D eigenvalue weighted by Gasteiger charge is -2.09. The molecule has 0 bridgehead atoms. The van der Waals surface area contributed by atoms with Crippen molar-refractivity contribution < 1.29 is 14.3 Å². The van der Waals surface area contributed by atoms with Crippen molar-refractivity contribution in [2.24, 2.45) is 0 Å². The molecule has 0 saturated carbocycles. The van der Waals surface area contributed by atoms with E-state index >= 15 is 0 Å². The Bertz CT molecular complexity index is 1000. The monoisotopic (exact) mass is 380 g/mol. The first-order valence-corrected chi connectivity index (χ1v) is 8.58. The van der Waals surface area contributed by atoms with Gasteiger partial charge in [0.05, 0.1) is 12.7 Å². The van der Waals surface area contributed by atoms with E-state index in [1.165, 1.54) is 7.11 Å². The van der Waals surface area contributed by atoms with Crippen LogP contribution in [0.5, 0.6) is 0 Å². The number of carbonyl (C=O) groups excluding carboxylic acids is 2. The number of hydrogen-bond acceptors (Lipinski definition) is 4. The Kier molecular flexibility index (Phi) is 5.52. The summed E-state index contributed by atoms with van der Waals surface area (Å²) in [5.41, 5.74) is 3.26. The summed E-state index contributed by atoms with van der Waals surface area (Å²) >= 11 is 6.25. The van der Waals surface area contributed by atoms with E-state index in [1.807, 2.05) is 25.1 Å². The van der Waals surface area contributed by atoms with Crippen LogP contribution in [0, 0.1) is 6.92 Å². The van der Waals surface area contributed by atoms with Gasteiger partial charge in [-0.2, -0.15) is 0 Å². The number of methoxy groups -OCH3 is 1. The Hall–Kier alpha value is -3.18. The summed E-state index contributed by atoms with van der Waals surface area (Å²) in [6.45, 7) is 1.88. The van der Waals surface area contributed by atoms with E-state index in [2.05, 4.69) is 10.3 Å². The van der Waals surface area contributed by atoms with Gasteiger partial charge in [-0.1, -0.05) is 29.8 Å². The fraction of sp³-hybridized carbons (Fsp3) is 0.0952. The Morgan fingerprint density at radius 1 is 1.07 bits per heavy atom. The molecule has 1 N–H and O–H groups in total. The number of carbonyl (C=O) groups is 2. The van der Waals surface area contributed by atoms with Gasteiger partial charge in [-0.15, -0.1) is 0 Å². The van der Waals surface area contributed by atoms with Crippen molar-refractivity contribution in [2.45, 2.75) is 6.92 Å². The van der Waals surface area contributed by atoms with Crippen molar-refractivity contribution in [2.75, 3.05) is 12.4 Å². The Balaban J connectivity index is 1.83. The average molecular weight is 381 g/mol. The van der Waals surface area contributed by atoms with Crippen molar-refractivity contribution in [3.63, 3.8) is 0 Å². The number of rotatable bonds is 4. The number of amides is 1. The van der Waals surface area contributed by atoms with Gasteiger partial charge in [0.1, 0.15) is 5.82 Å². The molecule has 6 heteroatoms. The molecule has 0 spiro atoms. The first-order valence-electron chi connectivity index (χ1n) is 8.21. The number of halogens is 1. The summed E-state index contributed by atoms with van der Waals surface area (Å²) in [7, 11) is 1.32. The van der Waals surface area contributed by atoms with Gasteiger partial charge in [0, 0.05) is 27.9 Å². The zero-order chi connectivity index (χ0) is 19.4. The van der Waals surface area contributed by atoms with Crippen LogP contribution in [0.1, 0.15) is 26.3 Å². The number of esters is 1. The number of aromatic nitrogens is 1. The van der Waals surface area contributed by atoms with Gasteiger partial charge in [0.2, 0.25) is 0 Å². The Morgan fingerprint density at radius 3 is 2.52 bits per heavy atom. The van der Waals surface area contributed by atoms with Crippen LogP contribution in [0.3, 0.4) is 0 Å². The Labute approximate surface area is 162 Å². The first-order chi connectivity index (χ1) is 13.0. The maximum Gasteiger partial charge on any atom is 0.337 e. The third-order valence-electron chi connectivity index (χ3n) is 4.09. The molecule has 2 aromatic carbocycles. The number of pyridine rings is 1. The van der Waals surface area contributed by atoms with E-state index in [0.29, 0.717) is 27.5 Å². The Morgan fingerprint density at radius 2 is 1.85 bits per heavy atom. The zero-order valence-corrected chi connectivity index (χ0v) is 15.6. The van der Waals surface area contributed by atoms with Crippen molar-refractivity contribution >= 4 is 29.3 Å². The molecule has 0 atom stereocenters. The molecule has 3 rings (SSSR count). The molecule has 0 fully saturated rings. The molecule has 0 radical (unpaired) electrons. The lowest BCUT2D eigenvalue weighted by molar-refractivity contribution is 0.0600. The maximum atomic E-state index is 12.4. The van der Waals surface area contributed by atoms with Crippen LogP contribution in [0.15, 0.2) is 60.8 Å². The zero-order valence-electron chi connectivity index (χ0n) is 14.8. The van der Waals surface area contributed by atoms with Gasteiger partial charge >= 0.3 is 5.97 Å². The second kappa shape index (κ2) is 8.01. The van der Waals surface area contributed by atoms with E-state index in [4.69, 9.17) is 16.3 Å². The second-order valence-electron chi connectivity index (χ2n) is 5.89. The van der Waals surface area contributed by atoms with Crippen molar-refractivity contribution in [3.05, 3.63) is 82.5 Å². The summed E-state index contributed by atoms with van der Waals surface area (Å²) in [5, 5.41) is 3.26. The number of nitrogens with zero attached hydrogens (tertiary/aromatic N) is 1. The second-order valence-corrected chi connectivity index (χ2v) is 6.29. The minimum atomic E-state index is -0.442. The number of aryl methyl sites for hydroxylation is 1. The molecule has 27 heavy (non-hydrogen) atoms. The van der Waals surface area contributed by atoms with Crippen LogP contribution >= 0.6 is 11.6 Å². The van der Waals surface area contributed by atoms with E-state index in [1.54, 1.807) is 42.6 Å². The number of anilines is 1. The van der Waals surface area contributed by atoms with Crippen molar-refractivity contribution in [3.8, 4) is 11.1 Å². The highest BCUT2D eigenvalue weighted by atomic mass is 35.5. The molecule has 0 aliphatic heterocycles. The summed E-state index contributed by atoms with van der Waals surface area (Å²) in [5.74, 6) is -0.241. The van der Waals surface area contributed by atoms with Crippen LogP contribution in [0.2, 0.25) is 5.02 Å². The fourth-order valence-corrected chi connectivity index (χ4v) is 2.86. The summed E-state index contributed by atoms with van der Waals surface area (Å²) in [6, 6.07) is 15.7. The lowest BCUT2D eigenvalue weighted by Crippen LogP contribution is -2.14. The van der Waals surface area contributed by atoms with E-state index < -0.39 is 5.97 Å². The van der Waals surface area contributed by atoms with Gasteiger partial charge < -0.3 is 10.1 Å².